The van der Waals surface area contributed by atoms with Crippen molar-refractivity contribution in [1.29, 1.82) is 0 Å². The lowest BCUT2D eigenvalue weighted by Crippen LogP contribution is -2.37. The van der Waals surface area contributed by atoms with Crippen molar-refractivity contribution in [2.75, 3.05) is 12.9 Å². The van der Waals surface area contributed by atoms with Crippen molar-refractivity contribution < 1.29 is 32.5 Å². The Morgan fingerprint density at radius 2 is 2.02 bits per heavy atom. The van der Waals surface area contributed by atoms with Crippen molar-refractivity contribution in [1.82, 2.24) is 14.8 Å². The van der Waals surface area contributed by atoms with Gasteiger partial charge in [-0.1, -0.05) is 18.2 Å². The summed E-state index contributed by atoms with van der Waals surface area (Å²) in [6.07, 6.45) is 5.90. The second-order valence-corrected chi connectivity index (χ2v) is 11.0. The van der Waals surface area contributed by atoms with Crippen LogP contribution in [0.25, 0.3) is 22.2 Å². The maximum atomic E-state index is 15.1. The SMILES string of the molecule is CSc1c(Oc2ccc(F)c(-c3ccn(C4(C)CCOc5c(CCC(=O)O)cccc54)n3)c2)c(F)c(F)c2[nH]ccc12. The zero-order valence-electron chi connectivity index (χ0n) is 22.7. The fourth-order valence-corrected chi connectivity index (χ4v) is 6.14. The van der Waals surface area contributed by atoms with Crippen LogP contribution >= 0.6 is 11.8 Å². The molecular weight excluding hydrogens is 567 g/mol. The second kappa shape index (κ2) is 10.8. The van der Waals surface area contributed by atoms with Crippen molar-refractivity contribution in [3.05, 3.63) is 89.5 Å². The number of nitrogens with zero attached hydrogens (tertiary/aromatic N) is 2. The zero-order chi connectivity index (χ0) is 29.6. The van der Waals surface area contributed by atoms with Gasteiger partial charge in [-0.15, -0.1) is 11.8 Å². The first-order chi connectivity index (χ1) is 20.2. The highest BCUT2D eigenvalue weighted by Crippen LogP contribution is 2.44. The lowest BCUT2D eigenvalue weighted by molar-refractivity contribution is -0.136. The van der Waals surface area contributed by atoms with Gasteiger partial charge >= 0.3 is 5.97 Å². The van der Waals surface area contributed by atoms with E-state index in [1.807, 2.05) is 25.1 Å². The standard InChI is InChI=1S/C31H26F3N3O4S/c1-31(12-15-40-28-17(6-9-24(38)39)4-3-5-21(28)31)37-14-11-23(36-37)20-16-18(7-8-22(20)32)41-29-26(34)25(33)27-19(10-13-35-27)30(29)42-2/h3-5,7-8,10-11,13-14,16,35H,6,9,12,15H2,1-2H3,(H,38,39). The lowest BCUT2D eigenvalue weighted by Gasteiger charge is -2.37. The van der Waals surface area contributed by atoms with Crippen LogP contribution in [0.5, 0.6) is 17.2 Å². The Bertz CT molecular complexity index is 1840. The molecule has 0 aliphatic carbocycles. The van der Waals surface area contributed by atoms with Crippen LogP contribution in [-0.4, -0.2) is 38.7 Å². The van der Waals surface area contributed by atoms with Crippen molar-refractivity contribution in [2.45, 2.75) is 36.6 Å². The molecule has 3 aromatic carbocycles. The largest absolute Gasteiger partial charge is 0.493 e. The van der Waals surface area contributed by atoms with Crippen LogP contribution in [-0.2, 0) is 16.8 Å². The molecule has 0 fully saturated rings. The molecule has 2 aromatic heterocycles. The average Bonchev–Trinajstić information content (AvgIpc) is 3.67. The Morgan fingerprint density at radius 1 is 1.19 bits per heavy atom. The summed E-state index contributed by atoms with van der Waals surface area (Å²) in [6.45, 7) is 2.40. The minimum absolute atomic E-state index is 0.0197. The van der Waals surface area contributed by atoms with Crippen LogP contribution < -0.4 is 9.47 Å². The smallest absolute Gasteiger partial charge is 0.303 e. The van der Waals surface area contributed by atoms with E-state index >= 15 is 8.78 Å². The number of nitrogens with one attached hydrogen (secondary N) is 1. The minimum Gasteiger partial charge on any atom is -0.493 e. The number of carbonyl (C=O) groups is 1. The van der Waals surface area contributed by atoms with Crippen LogP contribution in [0.3, 0.4) is 0 Å². The maximum absolute atomic E-state index is 15.1. The molecule has 0 spiro atoms. The van der Waals surface area contributed by atoms with E-state index in [9.17, 15) is 9.18 Å². The van der Waals surface area contributed by atoms with Gasteiger partial charge in [0.15, 0.2) is 11.6 Å². The van der Waals surface area contributed by atoms with Gasteiger partial charge in [0.05, 0.1) is 28.3 Å². The van der Waals surface area contributed by atoms with E-state index in [0.29, 0.717) is 41.2 Å². The molecule has 3 heterocycles. The van der Waals surface area contributed by atoms with Gasteiger partial charge in [0.2, 0.25) is 5.82 Å². The van der Waals surface area contributed by atoms with E-state index in [0.717, 1.165) is 11.1 Å². The molecule has 216 valence electrons. The number of fused-ring (bicyclic) bond motifs is 2. The van der Waals surface area contributed by atoms with Crippen molar-refractivity contribution >= 4 is 28.6 Å². The van der Waals surface area contributed by atoms with E-state index < -0.39 is 29.0 Å². The molecule has 7 nitrogen and oxygen atoms in total. The fourth-order valence-electron chi connectivity index (χ4n) is 5.43. The van der Waals surface area contributed by atoms with Crippen LogP contribution in [0.15, 0.2) is 65.8 Å². The van der Waals surface area contributed by atoms with E-state index in [1.54, 1.807) is 29.3 Å². The molecule has 1 aliphatic heterocycles. The van der Waals surface area contributed by atoms with Gasteiger partial charge in [0.1, 0.15) is 17.3 Å². The number of aromatic nitrogens is 3. The third-order valence-corrected chi connectivity index (χ3v) is 8.48. The normalized spacial score (nSPS) is 16.3. The highest BCUT2D eigenvalue weighted by Gasteiger charge is 2.37. The molecule has 1 aliphatic rings. The van der Waals surface area contributed by atoms with Crippen LogP contribution in [0, 0.1) is 17.5 Å². The second-order valence-electron chi connectivity index (χ2n) is 10.2. The molecule has 1 atom stereocenters. The number of aryl methyl sites for hydroxylation is 1. The van der Waals surface area contributed by atoms with Crippen LogP contribution in [0.2, 0.25) is 0 Å². The summed E-state index contributed by atoms with van der Waals surface area (Å²) in [5, 5.41) is 14.3. The monoisotopic (exact) mass is 593 g/mol. The molecule has 2 N–H and O–H groups in total. The maximum Gasteiger partial charge on any atom is 0.303 e. The minimum atomic E-state index is -1.14. The molecule has 1 unspecified atom stereocenters. The number of rotatable bonds is 8. The van der Waals surface area contributed by atoms with Crippen molar-refractivity contribution in [2.24, 2.45) is 0 Å². The number of thioether (sulfide) groups is 1. The number of benzene rings is 3. The van der Waals surface area contributed by atoms with E-state index in [4.69, 9.17) is 19.7 Å². The number of carboxylic acids is 1. The molecule has 0 saturated heterocycles. The third-order valence-electron chi connectivity index (χ3n) is 7.66. The van der Waals surface area contributed by atoms with Crippen molar-refractivity contribution in [3.8, 4) is 28.5 Å². The molecular formula is C31H26F3N3O4S. The quantitative estimate of drug-likeness (QED) is 0.181. The average molecular weight is 594 g/mol. The van der Waals surface area contributed by atoms with Gasteiger partial charge in [-0.25, -0.2) is 8.78 Å². The lowest BCUT2D eigenvalue weighted by atomic mass is 9.84. The third kappa shape index (κ3) is 4.67. The summed E-state index contributed by atoms with van der Waals surface area (Å²) in [5.74, 6) is -3.16. The molecule has 0 radical (unpaired) electrons. The summed E-state index contributed by atoms with van der Waals surface area (Å²) in [5.41, 5.74) is 1.52. The summed E-state index contributed by atoms with van der Waals surface area (Å²) in [4.78, 5) is 14.3. The van der Waals surface area contributed by atoms with E-state index in [1.165, 1.54) is 36.2 Å². The Balaban J connectivity index is 1.35. The molecule has 0 amide bonds. The first-order valence-corrected chi connectivity index (χ1v) is 14.5. The summed E-state index contributed by atoms with van der Waals surface area (Å²) < 4.78 is 58.5. The predicted octanol–water partition coefficient (Wildman–Crippen LogP) is 7.53. The van der Waals surface area contributed by atoms with Crippen LogP contribution in [0.4, 0.5) is 13.2 Å². The van der Waals surface area contributed by atoms with Gasteiger partial charge in [-0.2, -0.15) is 9.49 Å². The topological polar surface area (TPSA) is 89.4 Å². The van der Waals surface area contributed by atoms with Gasteiger partial charge in [0.25, 0.3) is 0 Å². The number of hydrogen-bond donors (Lipinski definition) is 2. The van der Waals surface area contributed by atoms with Crippen LogP contribution in [0.1, 0.15) is 30.9 Å². The van der Waals surface area contributed by atoms with Crippen molar-refractivity contribution in [3.63, 3.8) is 0 Å². The predicted molar refractivity (Wildman–Crippen MR) is 153 cm³/mol. The van der Waals surface area contributed by atoms with Gasteiger partial charge < -0.3 is 19.6 Å². The van der Waals surface area contributed by atoms with E-state index in [2.05, 4.69) is 4.98 Å². The Morgan fingerprint density at radius 3 is 2.81 bits per heavy atom. The Kier molecular flexibility index (Phi) is 7.14. The van der Waals surface area contributed by atoms with Gasteiger partial charge in [0, 0.05) is 41.7 Å². The Labute approximate surface area is 243 Å². The van der Waals surface area contributed by atoms with Gasteiger partial charge in [-0.05, 0) is 55.5 Å². The number of aliphatic carboxylic acids is 1. The molecule has 11 heteroatoms. The molecule has 0 saturated carbocycles. The first-order valence-electron chi connectivity index (χ1n) is 13.2. The summed E-state index contributed by atoms with van der Waals surface area (Å²) >= 11 is 1.21. The molecule has 6 rings (SSSR count). The first kappa shape index (κ1) is 27.8. The molecule has 5 aromatic rings. The number of H-pyrrole nitrogens is 1. The number of carboxylic acid groups (broad SMARTS) is 1. The number of hydrogen-bond acceptors (Lipinski definition) is 5. The van der Waals surface area contributed by atoms with E-state index in [-0.39, 0.29) is 29.0 Å². The Hall–Kier alpha value is -4.38. The number of aromatic amines is 1. The summed E-state index contributed by atoms with van der Waals surface area (Å²) in [6, 6.07) is 12.9. The number of halogens is 3. The fraction of sp³-hybridized carbons (Fsp3) is 0.226. The highest BCUT2D eigenvalue weighted by atomic mass is 32.2. The zero-order valence-corrected chi connectivity index (χ0v) is 23.5. The highest BCUT2D eigenvalue weighted by molar-refractivity contribution is 7.99. The molecule has 42 heavy (non-hydrogen) atoms. The molecule has 0 bridgehead atoms. The number of ether oxygens (including phenoxy) is 2. The number of para-hydroxylation sites is 1. The summed E-state index contributed by atoms with van der Waals surface area (Å²) in [7, 11) is 0. The van der Waals surface area contributed by atoms with Gasteiger partial charge in [-0.3, -0.25) is 9.48 Å².